The fourth-order valence-corrected chi connectivity index (χ4v) is 1.74. The monoisotopic (exact) mass is 468 g/mol. The molecular weight excluding hydrogens is 449 g/mol. The molecule has 0 aliphatic carbocycles. The van der Waals surface area contributed by atoms with Gasteiger partial charge in [0.15, 0.2) is 5.11 Å². The average molecular weight is 468 g/mol. The molecule has 12 nitrogen and oxygen atoms in total. The molecule has 0 aromatic heterocycles. The van der Waals surface area contributed by atoms with Crippen LogP contribution in [0.15, 0.2) is 29.2 Å². The van der Waals surface area contributed by atoms with E-state index in [0.29, 0.717) is 0 Å². The molecular formula is C10H19N8O4S2Y-. The zero-order valence-corrected chi connectivity index (χ0v) is 17.6. The predicted molar refractivity (Wildman–Crippen MR) is 91.1 cm³/mol. The molecule has 0 unspecified atom stereocenters. The molecule has 0 atom stereocenters. The smallest absolute Gasteiger partial charge is 0.328 e. The van der Waals surface area contributed by atoms with Crippen LogP contribution in [-0.4, -0.2) is 32.6 Å². The van der Waals surface area contributed by atoms with Crippen molar-refractivity contribution in [3.63, 3.8) is 0 Å². The zero-order chi connectivity index (χ0) is 19.2. The predicted octanol–water partition coefficient (Wildman–Crippen LogP) is -2.68. The second-order valence-electron chi connectivity index (χ2n) is 3.44. The molecule has 25 heavy (non-hydrogen) atoms. The van der Waals surface area contributed by atoms with Gasteiger partial charge in [-0.1, -0.05) is 0 Å². The van der Waals surface area contributed by atoms with Crippen LogP contribution in [0.5, 0.6) is 0 Å². The SMILES string of the molecule is CNC(=O)NS(=O)(=O)c1cc[c-]cc1.NNC(N)=O.NNC(N)=S.[Y]. The first kappa shape index (κ1) is 28.2. The summed E-state index contributed by atoms with van der Waals surface area (Å²) in [6, 6.07) is 6.81. The molecule has 0 heterocycles. The maximum Gasteiger partial charge on any atom is 0.328 e. The Morgan fingerprint density at radius 2 is 1.52 bits per heavy atom. The number of carbonyl (C=O) groups is 2. The van der Waals surface area contributed by atoms with Gasteiger partial charge < -0.3 is 22.2 Å². The standard InChI is InChI=1S/C8H9N2O3S.CH5N3O.CH5N3S.Y/c1-9-8(11)10-14(12,13)7-5-3-2-4-6-7;2*2-1(5)4-3;/h3-6H,1H3,(H2,9,10,11);2*3H2,(H3,2,4,5);/q-1;;;. The van der Waals surface area contributed by atoms with E-state index in [1.807, 2.05) is 10.1 Å². The molecule has 1 rings (SSSR count). The molecule has 0 fully saturated rings. The molecule has 12 N–H and O–H groups in total. The van der Waals surface area contributed by atoms with Gasteiger partial charge in [0.1, 0.15) is 0 Å². The van der Waals surface area contributed by atoms with Crippen molar-refractivity contribution in [3.05, 3.63) is 30.3 Å². The molecule has 0 aliphatic heterocycles. The molecule has 0 saturated heterocycles. The summed E-state index contributed by atoms with van der Waals surface area (Å²) in [7, 11) is -2.42. The Kier molecular flexibility index (Phi) is 18.0. The Bertz CT molecular complexity index is 615. The van der Waals surface area contributed by atoms with Crippen molar-refractivity contribution >= 4 is 39.4 Å². The molecule has 0 bridgehead atoms. The Labute approximate surface area is 175 Å². The van der Waals surface area contributed by atoms with Crippen molar-refractivity contribution < 1.29 is 50.7 Å². The molecule has 1 radical (unpaired) electrons. The summed E-state index contributed by atoms with van der Waals surface area (Å²) in [5.41, 5.74) is 12.9. The number of amides is 4. The maximum atomic E-state index is 11.4. The minimum absolute atomic E-state index is 0. The zero-order valence-electron chi connectivity index (χ0n) is 13.1. The van der Waals surface area contributed by atoms with Gasteiger partial charge >= 0.3 is 12.1 Å². The van der Waals surface area contributed by atoms with Gasteiger partial charge in [-0.2, -0.15) is 30.3 Å². The maximum absolute atomic E-state index is 11.4. The molecule has 1 aromatic rings. The number of carbonyl (C=O) groups excluding carboxylic acids is 2. The number of thiocarbonyl (C=S) groups is 1. The van der Waals surface area contributed by atoms with Crippen molar-refractivity contribution in [1.29, 1.82) is 0 Å². The Hall–Kier alpha value is -1.58. The number of hydrazine groups is 2. The fraction of sp³-hybridized carbons (Fsp3) is 0.100. The number of sulfonamides is 1. The third kappa shape index (κ3) is 17.0. The Morgan fingerprint density at radius 1 is 1.12 bits per heavy atom. The summed E-state index contributed by atoms with van der Waals surface area (Å²) < 4.78 is 24.7. The van der Waals surface area contributed by atoms with Crippen molar-refractivity contribution in [3.8, 4) is 0 Å². The van der Waals surface area contributed by atoms with Gasteiger partial charge in [0, 0.05) is 39.8 Å². The van der Waals surface area contributed by atoms with Gasteiger partial charge in [-0.15, -0.1) is 0 Å². The van der Waals surface area contributed by atoms with Crippen molar-refractivity contribution in [2.45, 2.75) is 4.90 Å². The van der Waals surface area contributed by atoms with E-state index in [1.165, 1.54) is 31.3 Å². The normalized spacial score (nSPS) is 8.60. The van der Waals surface area contributed by atoms with E-state index in [1.54, 1.807) is 5.43 Å². The summed E-state index contributed by atoms with van der Waals surface area (Å²) in [6.07, 6.45) is 0. The third-order valence-electron chi connectivity index (χ3n) is 1.74. The van der Waals surface area contributed by atoms with Crippen LogP contribution in [0.2, 0.25) is 0 Å². The van der Waals surface area contributed by atoms with Crippen molar-refractivity contribution in [2.24, 2.45) is 23.2 Å². The minimum Gasteiger partial charge on any atom is -0.375 e. The topological polar surface area (TPSA) is 220 Å². The number of nitrogens with two attached hydrogens (primary N) is 4. The van der Waals surface area contributed by atoms with Gasteiger partial charge in [-0.25, -0.2) is 34.4 Å². The average Bonchev–Trinajstić information content (AvgIpc) is 2.56. The largest absolute Gasteiger partial charge is 0.375 e. The van der Waals surface area contributed by atoms with E-state index in [0.717, 1.165) is 0 Å². The van der Waals surface area contributed by atoms with Crippen LogP contribution in [0.1, 0.15) is 0 Å². The van der Waals surface area contributed by atoms with Crippen LogP contribution >= 0.6 is 12.2 Å². The van der Waals surface area contributed by atoms with Gasteiger partial charge in [-0.05, 0) is 17.1 Å². The first-order chi connectivity index (χ1) is 11.1. The van der Waals surface area contributed by atoms with E-state index in [4.69, 9.17) is 5.73 Å². The summed E-state index contributed by atoms with van der Waals surface area (Å²) in [5.74, 6) is 9.10. The molecule has 1 aromatic carbocycles. The molecule has 0 saturated carbocycles. The van der Waals surface area contributed by atoms with Crippen LogP contribution in [0.4, 0.5) is 9.59 Å². The number of hydrogen-bond donors (Lipinski definition) is 8. The summed E-state index contributed by atoms with van der Waals surface area (Å²) in [6.45, 7) is 0. The first-order valence-corrected chi connectivity index (χ1v) is 7.72. The van der Waals surface area contributed by atoms with Crippen LogP contribution in [0.3, 0.4) is 0 Å². The van der Waals surface area contributed by atoms with E-state index >= 15 is 0 Å². The number of hydrogen-bond acceptors (Lipinski definition) is 7. The molecule has 139 valence electrons. The second kappa shape index (κ2) is 15.9. The van der Waals surface area contributed by atoms with Gasteiger partial charge in [-0.3, -0.25) is 5.43 Å². The van der Waals surface area contributed by atoms with Crippen molar-refractivity contribution in [2.75, 3.05) is 7.05 Å². The Morgan fingerprint density at radius 3 is 1.80 bits per heavy atom. The molecule has 15 heteroatoms. The summed E-state index contributed by atoms with van der Waals surface area (Å²) in [4.78, 5) is 20.2. The molecule has 4 amide bonds. The van der Waals surface area contributed by atoms with Crippen LogP contribution in [-0.2, 0) is 42.7 Å². The third-order valence-corrected chi connectivity index (χ3v) is 3.20. The van der Waals surface area contributed by atoms with Crippen molar-refractivity contribution in [1.82, 2.24) is 20.9 Å². The van der Waals surface area contributed by atoms with E-state index in [-0.39, 0.29) is 42.7 Å². The van der Waals surface area contributed by atoms with Gasteiger partial charge in [0.2, 0.25) is 10.0 Å². The summed E-state index contributed by atoms with van der Waals surface area (Å²) in [5, 5.41) is 2.27. The number of nitrogens with one attached hydrogen (secondary N) is 4. The molecule has 0 spiro atoms. The fourth-order valence-electron chi connectivity index (χ4n) is 0.783. The van der Waals surface area contributed by atoms with Crippen LogP contribution in [0.25, 0.3) is 0 Å². The quantitative estimate of drug-likeness (QED) is 0.0744. The number of benzene rings is 1. The number of primary amides is 1. The minimum atomic E-state index is -3.75. The molecule has 0 aliphatic rings. The van der Waals surface area contributed by atoms with E-state index in [2.05, 4.69) is 41.0 Å². The van der Waals surface area contributed by atoms with E-state index in [9.17, 15) is 18.0 Å². The second-order valence-corrected chi connectivity index (χ2v) is 5.56. The Balaban J connectivity index is -0.000000368. The van der Waals surface area contributed by atoms with Gasteiger partial charge in [0.05, 0.1) is 0 Å². The number of urea groups is 2. The van der Waals surface area contributed by atoms with E-state index < -0.39 is 22.1 Å². The van der Waals surface area contributed by atoms with Gasteiger partial charge in [0.25, 0.3) is 0 Å². The summed E-state index contributed by atoms with van der Waals surface area (Å²) >= 11 is 4.24. The first-order valence-electron chi connectivity index (χ1n) is 5.83. The van der Waals surface area contributed by atoms with Crippen LogP contribution < -0.4 is 44.0 Å². The van der Waals surface area contributed by atoms with Crippen LogP contribution in [0, 0.1) is 6.07 Å². The number of rotatable bonds is 2.